The number of nitrogens with two attached hydrogens (primary N) is 1. The maximum Gasteiger partial charge on any atom is 0.244 e. The van der Waals surface area contributed by atoms with E-state index in [2.05, 4.69) is 26.3 Å². The summed E-state index contributed by atoms with van der Waals surface area (Å²) in [5, 5.41) is 7.15. The Balaban J connectivity index is 0.00000225. The summed E-state index contributed by atoms with van der Waals surface area (Å²) in [6.07, 6.45) is 5.70. The number of hydrogen-bond acceptors (Lipinski definition) is 4. The lowest BCUT2D eigenvalue weighted by Gasteiger charge is -2.31. The minimum atomic E-state index is -0.829. The van der Waals surface area contributed by atoms with Gasteiger partial charge >= 0.3 is 0 Å². The standard InChI is InChI=1S/C17H21BrN4O2.ClH/c18-14-11-20-22(12-14)8-5-13-1-3-15(4-2-13)21-16(23)17(19)6-9-24-10-7-17;/h1-4,11-12H,5-10,19H2,(H,21,23);1H. The number of aryl methyl sites for hydroxylation is 2. The Labute approximate surface area is 161 Å². The highest BCUT2D eigenvalue weighted by Gasteiger charge is 2.35. The van der Waals surface area contributed by atoms with Crippen LogP contribution in [0.2, 0.25) is 0 Å². The molecular formula is C17H22BrClN4O2. The number of nitrogens with one attached hydrogen (secondary N) is 1. The molecule has 3 N–H and O–H groups in total. The van der Waals surface area contributed by atoms with Gasteiger partial charge in [-0.25, -0.2) is 0 Å². The summed E-state index contributed by atoms with van der Waals surface area (Å²) in [7, 11) is 0. The maximum absolute atomic E-state index is 12.4. The smallest absolute Gasteiger partial charge is 0.244 e. The van der Waals surface area contributed by atoms with Gasteiger partial charge in [0.2, 0.25) is 5.91 Å². The summed E-state index contributed by atoms with van der Waals surface area (Å²) in [6, 6.07) is 7.85. The van der Waals surface area contributed by atoms with E-state index < -0.39 is 5.54 Å². The molecule has 1 aliphatic rings. The second-order valence-electron chi connectivity index (χ2n) is 6.09. The van der Waals surface area contributed by atoms with Crippen molar-refractivity contribution in [1.29, 1.82) is 0 Å². The molecule has 25 heavy (non-hydrogen) atoms. The van der Waals surface area contributed by atoms with Gasteiger partial charge < -0.3 is 15.8 Å². The van der Waals surface area contributed by atoms with E-state index in [9.17, 15) is 4.79 Å². The Morgan fingerprint density at radius 2 is 2.00 bits per heavy atom. The van der Waals surface area contributed by atoms with Crippen molar-refractivity contribution in [2.75, 3.05) is 18.5 Å². The predicted octanol–water partition coefficient (Wildman–Crippen LogP) is 2.76. The second-order valence-corrected chi connectivity index (χ2v) is 7.01. The van der Waals surface area contributed by atoms with Gasteiger partial charge in [0.15, 0.2) is 0 Å². The van der Waals surface area contributed by atoms with Gasteiger partial charge in [-0.1, -0.05) is 12.1 Å². The van der Waals surface area contributed by atoms with Crippen LogP contribution in [0.1, 0.15) is 18.4 Å². The average molecular weight is 430 g/mol. The van der Waals surface area contributed by atoms with Crippen molar-refractivity contribution in [3.05, 3.63) is 46.7 Å². The largest absolute Gasteiger partial charge is 0.381 e. The SMILES string of the molecule is Cl.NC1(C(=O)Nc2ccc(CCn3cc(Br)cn3)cc2)CCOCC1. The van der Waals surface area contributed by atoms with Crippen LogP contribution in [0, 0.1) is 0 Å². The lowest BCUT2D eigenvalue weighted by atomic mass is 9.90. The van der Waals surface area contributed by atoms with Crippen LogP contribution >= 0.6 is 28.3 Å². The minimum Gasteiger partial charge on any atom is -0.381 e. The molecule has 1 amide bonds. The van der Waals surface area contributed by atoms with Crippen molar-refractivity contribution in [3.63, 3.8) is 0 Å². The zero-order valence-electron chi connectivity index (χ0n) is 13.8. The predicted molar refractivity (Wildman–Crippen MR) is 103 cm³/mol. The first-order valence-corrected chi connectivity index (χ1v) is 8.79. The van der Waals surface area contributed by atoms with Crippen LogP contribution in [-0.4, -0.2) is 34.4 Å². The van der Waals surface area contributed by atoms with E-state index in [0.717, 1.165) is 23.1 Å². The first kappa shape index (κ1) is 19.9. The van der Waals surface area contributed by atoms with E-state index >= 15 is 0 Å². The number of halogens is 2. The first-order chi connectivity index (χ1) is 11.5. The number of nitrogens with zero attached hydrogens (tertiary/aromatic N) is 2. The number of hydrogen-bond donors (Lipinski definition) is 2. The number of ether oxygens (including phenoxy) is 1. The molecule has 8 heteroatoms. The van der Waals surface area contributed by atoms with Gasteiger partial charge in [0.25, 0.3) is 0 Å². The third-order valence-corrected chi connectivity index (χ3v) is 4.69. The molecule has 1 aromatic carbocycles. The summed E-state index contributed by atoms with van der Waals surface area (Å²) in [6.45, 7) is 1.88. The van der Waals surface area contributed by atoms with Crippen molar-refractivity contribution in [1.82, 2.24) is 9.78 Å². The quantitative estimate of drug-likeness (QED) is 0.766. The molecule has 2 aromatic rings. The van der Waals surface area contributed by atoms with E-state index in [1.165, 1.54) is 5.56 Å². The van der Waals surface area contributed by atoms with Crippen LogP contribution in [0.15, 0.2) is 41.1 Å². The number of aromatic nitrogens is 2. The maximum atomic E-state index is 12.4. The Morgan fingerprint density at radius 1 is 1.32 bits per heavy atom. The van der Waals surface area contributed by atoms with Crippen LogP contribution in [0.4, 0.5) is 5.69 Å². The molecule has 2 heterocycles. The topological polar surface area (TPSA) is 82.2 Å². The fraction of sp³-hybridized carbons (Fsp3) is 0.412. The van der Waals surface area contributed by atoms with E-state index in [-0.39, 0.29) is 18.3 Å². The second kappa shape index (κ2) is 8.80. The van der Waals surface area contributed by atoms with E-state index in [0.29, 0.717) is 26.1 Å². The minimum absolute atomic E-state index is 0. The number of rotatable bonds is 5. The Bertz CT molecular complexity index is 699. The molecule has 136 valence electrons. The fourth-order valence-corrected chi connectivity index (χ4v) is 3.01. The van der Waals surface area contributed by atoms with E-state index in [1.807, 2.05) is 35.1 Å². The van der Waals surface area contributed by atoms with Gasteiger partial charge in [0.05, 0.1) is 10.7 Å². The van der Waals surface area contributed by atoms with Crippen LogP contribution in [0.25, 0.3) is 0 Å². The third-order valence-electron chi connectivity index (χ3n) is 4.28. The van der Waals surface area contributed by atoms with Gasteiger partial charge in [-0.3, -0.25) is 9.48 Å². The molecule has 0 bridgehead atoms. The van der Waals surface area contributed by atoms with Gasteiger partial charge in [0.1, 0.15) is 5.54 Å². The Hall–Kier alpha value is -1.41. The Kier molecular flexibility index (Phi) is 7.01. The van der Waals surface area contributed by atoms with Crippen LogP contribution in [0.3, 0.4) is 0 Å². The Morgan fingerprint density at radius 3 is 2.60 bits per heavy atom. The molecule has 1 fully saturated rings. The van der Waals surface area contributed by atoms with E-state index in [1.54, 1.807) is 6.20 Å². The number of carbonyl (C=O) groups is 1. The molecule has 3 rings (SSSR count). The van der Waals surface area contributed by atoms with Crippen molar-refractivity contribution in [3.8, 4) is 0 Å². The molecular weight excluding hydrogens is 408 g/mol. The normalized spacial score (nSPS) is 16.1. The van der Waals surface area contributed by atoms with Gasteiger partial charge in [-0.05, 0) is 52.9 Å². The summed E-state index contributed by atoms with van der Waals surface area (Å²) < 4.78 is 8.14. The summed E-state index contributed by atoms with van der Waals surface area (Å²) in [5.41, 5.74) is 7.31. The lowest BCUT2D eigenvalue weighted by Crippen LogP contribution is -2.54. The molecule has 0 saturated carbocycles. The fourth-order valence-electron chi connectivity index (χ4n) is 2.68. The van der Waals surface area contributed by atoms with Crippen molar-refractivity contribution < 1.29 is 9.53 Å². The molecule has 0 aliphatic carbocycles. The van der Waals surface area contributed by atoms with Crippen LogP contribution in [0.5, 0.6) is 0 Å². The zero-order valence-corrected chi connectivity index (χ0v) is 16.2. The number of benzene rings is 1. The first-order valence-electron chi connectivity index (χ1n) is 8.00. The molecule has 1 saturated heterocycles. The summed E-state index contributed by atoms with van der Waals surface area (Å²) in [5.74, 6) is -0.139. The number of carbonyl (C=O) groups excluding carboxylic acids is 1. The van der Waals surface area contributed by atoms with Gasteiger partial charge in [-0.15, -0.1) is 12.4 Å². The van der Waals surface area contributed by atoms with Crippen molar-refractivity contribution in [2.24, 2.45) is 5.73 Å². The lowest BCUT2D eigenvalue weighted by molar-refractivity contribution is -0.124. The summed E-state index contributed by atoms with van der Waals surface area (Å²) in [4.78, 5) is 12.4. The molecule has 0 atom stereocenters. The molecule has 1 aromatic heterocycles. The van der Waals surface area contributed by atoms with Gasteiger partial charge in [-0.2, -0.15) is 5.10 Å². The zero-order chi connectivity index (χ0) is 17.0. The van der Waals surface area contributed by atoms with Crippen molar-refractivity contribution >= 4 is 39.9 Å². The molecule has 1 aliphatic heterocycles. The highest BCUT2D eigenvalue weighted by Crippen LogP contribution is 2.20. The van der Waals surface area contributed by atoms with E-state index in [4.69, 9.17) is 10.5 Å². The molecule has 0 unspecified atom stereocenters. The van der Waals surface area contributed by atoms with Gasteiger partial charge in [0, 0.05) is 31.6 Å². The monoisotopic (exact) mass is 428 g/mol. The highest BCUT2D eigenvalue weighted by molar-refractivity contribution is 9.10. The third kappa shape index (κ3) is 5.28. The molecule has 6 nitrogen and oxygen atoms in total. The summed E-state index contributed by atoms with van der Waals surface area (Å²) >= 11 is 3.39. The van der Waals surface area contributed by atoms with Crippen LogP contribution < -0.4 is 11.1 Å². The molecule has 0 spiro atoms. The molecule has 0 radical (unpaired) electrons. The number of amides is 1. The number of anilines is 1. The average Bonchev–Trinajstić information content (AvgIpc) is 3.00. The van der Waals surface area contributed by atoms with Crippen molar-refractivity contribution in [2.45, 2.75) is 31.3 Å². The van der Waals surface area contributed by atoms with Crippen LogP contribution in [-0.2, 0) is 22.5 Å². The highest BCUT2D eigenvalue weighted by atomic mass is 79.9.